The van der Waals surface area contributed by atoms with Gasteiger partial charge in [0.25, 0.3) is 0 Å². The number of nitrogens with one attached hydrogen (secondary N) is 1. The van der Waals surface area contributed by atoms with Gasteiger partial charge in [-0.2, -0.15) is 0 Å². The van der Waals surface area contributed by atoms with E-state index >= 15 is 0 Å². The Kier molecular flexibility index (Phi) is 8.00. The van der Waals surface area contributed by atoms with E-state index in [0.29, 0.717) is 0 Å². The Hall–Kier alpha value is -0.830. The van der Waals surface area contributed by atoms with Crippen LogP contribution in [0.25, 0.3) is 0 Å². The fourth-order valence-electron chi connectivity index (χ4n) is 1.39. The van der Waals surface area contributed by atoms with Crippen LogP contribution in [0.4, 0.5) is 5.69 Å². The van der Waals surface area contributed by atoms with E-state index in [9.17, 15) is 8.42 Å². The highest BCUT2D eigenvalue weighted by atomic mass is 127. The Morgan fingerprint density at radius 2 is 2.11 bits per heavy atom. The van der Waals surface area contributed by atoms with Gasteiger partial charge in [-0.25, -0.2) is 8.42 Å². The summed E-state index contributed by atoms with van der Waals surface area (Å²) in [6.07, 6.45) is 2.12. The van der Waals surface area contributed by atoms with Gasteiger partial charge in [-0.15, -0.1) is 24.0 Å². The van der Waals surface area contributed by atoms with Crippen molar-refractivity contribution in [2.45, 2.75) is 13.3 Å². The van der Waals surface area contributed by atoms with Crippen molar-refractivity contribution in [3.05, 3.63) is 29.8 Å². The maximum Gasteiger partial charge on any atom is 0.193 e. The van der Waals surface area contributed by atoms with Crippen molar-refractivity contribution in [2.75, 3.05) is 23.9 Å². The summed E-state index contributed by atoms with van der Waals surface area (Å²) in [6.45, 7) is 2.24. The summed E-state index contributed by atoms with van der Waals surface area (Å²) in [6, 6.07) is 7.84. The van der Waals surface area contributed by atoms with Gasteiger partial charge in [-0.05, 0) is 24.1 Å². The van der Waals surface area contributed by atoms with Gasteiger partial charge in [-0.3, -0.25) is 4.99 Å². The normalized spacial score (nSPS) is 11.8. The summed E-state index contributed by atoms with van der Waals surface area (Å²) in [7, 11) is -2.99. The molecule has 0 fully saturated rings. The van der Waals surface area contributed by atoms with Crippen LogP contribution in [0.1, 0.15) is 12.5 Å². The molecular weight excluding hydrogens is 377 g/mol. The minimum atomic E-state index is -2.99. The van der Waals surface area contributed by atoms with Gasteiger partial charge in [-0.1, -0.05) is 19.1 Å². The van der Waals surface area contributed by atoms with Gasteiger partial charge in [0.15, 0.2) is 5.96 Å². The molecule has 0 atom stereocenters. The summed E-state index contributed by atoms with van der Waals surface area (Å²) in [5.74, 6) is 0.233. The van der Waals surface area contributed by atoms with Crippen molar-refractivity contribution < 1.29 is 8.42 Å². The Morgan fingerprint density at radius 3 is 2.68 bits per heavy atom. The standard InChI is InChI=1S/C12H19N3O2S.HI/c1-3-10-5-4-6-11(9-10)15-12(13)14-7-8-18(2,16)17;/h4-6,9H,3,7-8H2,1-2H3,(H3,13,14,15);1H. The molecule has 1 aromatic rings. The molecule has 0 aliphatic heterocycles. The first-order chi connectivity index (χ1) is 8.40. The maximum absolute atomic E-state index is 10.9. The molecule has 0 heterocycles. The number of hydrogen-bond acceptors (Lipinski definition) is 3. The Labute approximate surface area is 131 Å². The van der Waals surface area contributed by atoms with Crippen molar-refractivity contribution >= 4 is 45.5 Å². The molecule has 0 aliphatic rings. The van der Waals surface area contributed by atoms with E-state index in [1.807, 2.05) is 24.3 Å². The van der Waals surface area contributed by atoms with Crippen LogP contribution in [0.15, 0.2) is 29.3 Å². The molecule has 108 valence electrons. The van der Waals surface area contributed by atoms with Crippen LogP contribution in [0.2, 0.25) is 0 Å². The summed E-state index contributed by atoms with van der Waals surface area (Å²) in [5, 5.41) is 2.94. The highest BCUT2D eigenvalue weighted by molar-refractivity contribution is 14.0. The van der Waals surface area contributed by atoms with E-state index in [0.717, 1.165) is 12.1 Å². The first kappa shape index (κ1) is 18.2. The Bertz CT molecular complexity index is 530. The van der Waals surface area contributed by atoms with Crippen LogP contribution < -0.4 is 11.1 Å². The molecule has 1 aromatic carbocycles. The zero-order chi connectivity index (χ0) is 13.6. The van der Waals surface area contributed by atoms with Gasteiger partial charge in [0.2, 0.25) is 0 Å². The van der Waals surface area contributed by atoms with Gasteiger partial charge in [0.1, 0.15) is 9.84 Å². The predicted octanol–water partition coefficient (Wildman–Crippen LogP) is 1.64. The lowest BCUT2D eigenvalue weighted by atomic mass is 10.1. The summed E-state index contributed by atoms with van der Waals surface area (Å²) >= 11 is 0. The fourth-order valence-corrected chi connectivity index (χ4v) is 1.81. The Morgan fingerprint density at radius 1 is 1.42 bits per heavy atom. The third kappa shape index (κ3) is 8.04. The van der Waals surface area contributed by atoms with Crippen LogP contribution in [-0.4, -0.2) is 32.9 Å². The molecule has 0 radical (unpaired) electrons. The number of nitrogens with two attached hydrogens (primary N) is 1. The van der Waals surface area contributed by atoms with E-state index in [1.165, 1.54) is 11.8 Å². The Balaban J connectivity index is 0.00000324. The summed E-state index contributed by atoms with van der Waals surface area (Å²) in [4.78, 5) is 3.96. The van der Waals surface area contributed by atoms with Gasteiger partial charge in [0, 0.05) is 11.9 Å². The molecule has 3 N–H and O–H groups in total. The predicted molar refractivity (Wildman–Crippen MR) is 91.1 cm³/mol. The minimum Gasteiger partial charge on any atom is -0.370 e. The third-order valence-electron chi connectivity index (χ3n) is 2.35. The van der Waals surface area contributed by atoms with Crippen molar-refractivity contribution in [2.24, 2.45) is 10.7 Å². The largest absolute Gasteiger partial charge is 0.370 e. The molecule has 0 saturated heterocycles. The zero-order valence-corrected chi connectivity index (χ0v) is 14.2. The molecule has 0 spiro atoms. The van der Waals surface area contributed by atoms with Crippen molar-refractivity contribution in [1.82, 2.24) is 0 Å². The number of nitrogens with zero attached hydrogens (tertiary/aromatic N) is 1. The van der Waals surface area contributed by atoms with Gasteiger partial charge < -0.3 is 11.1 Å². The maximum atomic E-state index is 10.9. The second-order valence-electron chi connectivity index (χ2n) is 4.08. The number of hydrogen-bond donors (Lipinski definition) is 2. The van der Waals surface area contributed by atoms with Gasteiger partial charge in [0.05, 0.1) is 12.3 Å². The molecule has 1 rings (SSSR count). The molecule has 0 saturated carbocycles. The lowest BCUT2D eigenvalue weighted by molar-refractivity contribution is 0.601. The molecular formula is C12H20IN3O2S. The molecule has 7 heteroatoms. The summed E-state index contributed by atoms with van der Waals surface area (Å²) in [5.41, 5.74) is 7.73. The van der Waals surface area contributed by atoms with E-state index in [-0.39, 0.29) is 42.2 Å². The van der Waals surface area contributed by atoms with Crippen LogP contribution in [0, 0.1) is 0 Å². The number of aryl methyl sites for hydroxylation is 1. The number of aliphatic imine (C=N–C) groups is 1. The number of rotatable bonds is 5. The second kappa shape index (κ2) is 8.36. The molecule has 0 amide bonds. The SMILES string of the molecule is CCc1cccc(NC(N)=NCCS(C)(=O)=O)c1.I. The average Bonchev–Trinajstić information content (AvgIpc) is 2.27. The number of halogens is 1. The lowest BCUT2D eigenvalue weighted by Crippen LogP contribution is -2.23. The smallest absolute Gasteiger partial charge is 0.193 e. The monoisotopic (exact) mass is 397 g/mol. The first-order valence-corrected chi connectivity index (χ1v) is 7.80. The molecule has 0 bridgehead atoms. The van der Waals surface area contributed by atoms with Gasteiger partial charge >= 0.3 is 0 Å². The molecule has 19 heavy (non-hydrogen) atoms. The summed E-state index contributed by atoms with van der Waals surface area (Å²) < 4.78 is 21.8. The minimum absolute atomic E-state index is 0. The molecule has 0 aromatic heterocycles. The third-order valence-corrected chi connectivity index (χ3v) is 3.28. The number of anilines is 1. The van der Waals surface area contributed by atoms with E-state index in [4.69, 9.17) is 5.73 Å². The van der Waals surface area contributed by atoms with Crippen LogP contribution in [0.5, 0.6) is 0 Å². The highest BCUT2D eigenvalue weighted by Crippen LogP contribution is 2.10. The van der Waals surface area contributed by atoms with Crippen molar-refractivity contribution in [3.8, 4) is 0 Å². The van der Waals surface area contributed by atoms with E-state index in [1.54, 1.807) is 0 Å². The fraction of sp³-hybridized carbons (Fsp3) is 0.417. The number of sulfone groups is 1. The lowest BCUT2D eigenvalue weighted by Gasteiger charge is -2.06. The van der Waals surface area contributed by atoms with E-state index < -0.39 is 9.84 Å². The van der Waals surface area contributed by atoms with Crippen LogP contribution >= 0.6 is 24.0 Å². The second-order valence-corrected chi connectivity index (χ2v) is 6.34. The molecule has 5 nitrogen and oxygen atoms in total. The average molecular weight is 397 g/mol. The zero-order valence-electron chi connectivity index (χ0n) is 11.1. The van der Waals surface area contributed by atoms with E-state index in [2.05, 4.69) is 17.2 Å². The molecule has 0 aliphatic carbocycles. The number of guanidine groups is 1. The van der Waals surface area contributed by atoms with Crippen molar-refractivity contribution in [3.63, 3.8) is 0 Å². The topological polar surface area (TPSA) is 84.5 Å². The first-order valence-electron chi connectivity index (χ1n) is 5.74. The highest BCUT2D eigenvalue weighted by Gasteiger charge is 2.01. The van der Waals surface area contributed by atoms with Crippen molar-refractivity contribution in [1.29, 1.82) is 0 Å². The molecule has 0 unspecified atom stereocenters. The number of benzene rings is 1. The van der Waals surface area contributed by atoms with Crippen LogP contribution in [0.3, 0.4) is 0 Å². The van der Waals surface area contributed by atoms with Crippen LogP contribution in [-0.2, 0) is 16.3 Å². The quantitative estimate of drug-likeness (QED) is 0.450.